The monoisotopic (exact) mass is 426 g/mol. The van der Waals surface area contributed by atoms with Gasteiger partial charge in [-0.3, -0.25) is 4.90 Å². The highest BCUT2D eigenvalue weighted by Gasteiger charge is 2.74. The molecule has 5 heterocycles. The molecule has 2 aromatic carbocycles. The lowest BCUT2D eigenvalue weighted by molar-refractivity contribution is 0.0908. The van der Waals surface area contributed by atoms with Crippen molar-refractivity contribution in [2.24, 2.45) is 12.5 Å². The maximum Gasteiger partial charge on any atom is 0.0944 e. The first-order chi connectivity index (χ1) is 15.2. The summed E-state index contributed by atoms with van der Waals surface area (Å²) in [7, 11) is 4.62. The third-order valence-corrected chi connectivity index (χ3v) is 9.55. The highest BCUT2D eigenvalue weighted by Crippen LogP contribution is 2.68. The van der Waals surface area contributed by atoms with Crippen molar-refractivity contribution in [3.8, 4) is 0 Å². The van der Waals surface area contributed by atoms with E-state index in [0.717, 1.165) is 13.1 Å². The number of para-hydroxylation sites is 2. The molecule has 2 fully saturated rings. The Hall–Kier alpha value is -2.30. The SMILES string of the molecule is CN1c2ccccc2C23C(NCC2(C)C)C2c4c(c5ccccc5n4C)C(C)(C)CN2C13. The Kier molecular flexibility index (Phi) is 3.36. The number of hydrogen-bond acceptors (Lipinski definition) is 3. The number of rotatable bonds is 0. The van der Waals surface area contributed by atoms with Crippen molar-refractivity contribution >= 4 is 16.6 Å². The summed E-state index contributed by atoms with van der Waals surface area (Å²) in [5.74, 6) is 0. The van der Waals surface area contributed by atoms with E-state index in [0.29, 0.717) is 18.2 Å². The highest BCUT2D eigenvalue weighted by molar-refractivity contribution is 5.87. The molecule has 32 heavy (non-hydrogen) atoms. The van der Waals surface area contributed by atoms with Crippen molar-refractivity contribution in [2.45, 2.75) is 56.8 Å². The van der Waals surface area contributed by atoms with Crippen molar-refractivity contribution in [3.63, 3.8) is 0 Å². The molecule has 4 aliphatic rings. The molecule has 0 bridgehead atoms. The largest absolute Gasteiger partial charge is 0.358 e. The van der Waals surface area contributed by atoms with Crippen LogP contribution in [0.25, 0.3) is 10.9 Å². The molecule has 0 aliphatic carbocycles. The van der Waals surface area contributed by atoms with Crippen LogP contribution < -0.4 is 10.2 Å². The van der Waals surface area contributed by atoms with Crippen molar-refractivity contribution in [1.82, 2.24) is 14.8 Å². The van der Waals surface area contributed by atoms with Gasteiger partial charge >= 0.3 is 0 Å². The average Bonchev–Trinajstić information content (AvgIpc) is 3.40. The molecule has 1 aromatic heterocycles. The lowest BCUT2D eigenvalue weighted by Gasteiger charge is -2.47. The molecule has 4 aliphatic heterocycles. The zero-order chi connectivity index (χ0) is 22.2. The maximum atomic E-state index is 4.09. The number of likely N-dealkylation sites (N-methyl/N-ethyl adjacent to an activating group) is 1. The zero-order valence-electron chi connectivity index (χ0n) is 20.1. The molecule has 3 aromatic rings. The summed E-state index contributed by atoms with van der Waals surface area (Å²) >= 11 is 0. The third kappa shape index (κ3) is 1.84. The molecule has 4 heteroatoms. The topological polar surface area (TPSA) is 23.4 Å². The summed E-state index contributed by atoms with van der Waals surface area (Å²) in [6.07, 6.45) is 0.366. The van der Waals surface area contributed by atoms with Crippen molar-refractivity contribution in [3.05, 3.63) is 65.4 Å². The molecule has 0 amide bonds. The Balaban J connectivity index is 1.57. The minimum atomic E-state index is 0.0666. The minimum absolute atomic E-state index is 0.0666. The second-order valence-electron chi connectivity index (χ2n) is 12.0. The van der Waals surface area contributed by atoms with Crippen LogP contribution >= 0.6 is 0 Å². The van der Waals surface area contributed by atoms with Gasteiger partial charge in [-0.25, -0.2) is 0 Å². The smallest absolute Gasteiger partial charge is 0.0944 e. The van der Waals surface area contributed by atoms with Crippen LogP contribution in [0.15, 0.2) is 48.5 Å². The van der Waals surface area contributed by atoms with Crippen molar-refractivity contribution < 1.29 is 0 Å². The number of benzene rings is 2. The van der Waals surface area contributed by atoms with Gasteiger partial charge in [0.1, 0.15) is 0 Å². The van der Waals surface area contributed by atoms with E-state index in [-0.39, 0.29) is 16.2 Å². The van der Waals surface area contributed by atoms with Gasteiger partial charge in [-0.1, -0.05) is 64.1 Å². The Morgan fingerprint density at radius 3 is 2.47 bits per heavy atom. The number of aromatic nitrogens is 1. The summed E-state index contributed by atoms with van der Waals surface area (Å²) in [4.78, 5) is 5.46. The Bertz CT molecular complexity index is 1280. The normalized spacial score (nSPS) is 33.7. The van der Waals surface area contributed by atoms with E-state index in [1.54, 1.807) is 11.1 Å². The van der Waals surface area contributed by atoms with Crippen LogP contribution in [0.1, 0.15) is 50.6 Å². The Morgan fingerprint density at radius 2 is 1.66 bits per heavy atom. The first kappa shape index (κ1) is 19.2. The zero-order valence-corrected chi connectivity index (χ0v) is 20.1. The van der Waals surface area contributed by atoms with E-state index in [4.69, 9.17) is 0 Å². The first-order valence-corrected chi connectivity index (χ1v) is 12.1. The van der Waals surface area contributed by atoms with Gasteiger partial charge in [-0.05, 0) is 28.7 Å². The number of nitrogens with one attached hydrogen (secondary N) is 1. The van der Waals surface area contributed by atoms with Gasteiger partial charge < -0.3 is 14.8 Å². The molecular weight excluding hydrogens is 392 g/mol. The fourth-order valence-electron chi connectivity index (χ4n) is 8.54. The summed E-state index contributed by atoms with van der Waals surface area (Å²) < 4.78 is 2.51. The molecule has 0 saturated carbocycles. The Labute approximate surface area is 191 Å². The second kappa shape index (κ2) is 5.60. The van der Waals surface area contributed by atoms with Crippen LogP contribution in [0.4, 0.5) is 5.69 Å². The lowest BCUT2D eigenvalue weighted by atomic mass is 9.60. The summed E-state index contributed by atoms with van der Waals surface area (Å²) in [6, 6.07) is 19.0. The minimum Gasteiger partial charge on any atom is -0.358 e. The number of aryl methyl sites for hydroxylation is 1. The van der Waals surface area contributed by atoms with E-state index < -0.39 is 0 Å². The molecule has 1 N–H and O–H groups in total. The molecule has 2 saturated heterocycles. The molecule has 0 radical (unpaired) electrons. The highest BCUT2D eigenvalue weighted by atomic mass is 15.5. The number of anilines is 1. The predicted octanol–water partition coefficient (Wildman–Crippen LogP) is 4.54. The van der Waals surface area contributed by atoms with Crippen LogP contribution in [0, 0.1) is 5.41 Å². The van der Waals surface area contributed by atoms with E-state index in [1.807, 2.05) is 0 Å². The van der Waals surface area contributed by atoms with Gasteiger partial charge in [0.2, 0.25) is 0 Å². The van der Waals surface area contributed by atoms with E-state index in [9.17, 15) is 0 Å². The van der Waals surface area contributed by atoms with Gasteiger partial charge in [-0.2, -0.15) is 0 Å². The third-order valence-electron chi connectivity index (χ3n) is 9.55. The van der Waals surface area contributed by atoms with Gasteiger partial charge in [0, 0.05) is 60.9 Å². The quantitative estimate of drug-likeness (QED) is 0.571. The molecule has 166 valence electrons. The van der Waals surface area contributed by atoms with Crippen LogP contribution in [-0.2, 0) is 17.9 Å². The number of nitrogens with zero attached hydrogens (tertiary/aromatic N) is 3. The lowest BCUT2D eigenvalue weighted by Crippen LogP contribution is -2.57. The summed E-state index contributed by atoms with van der Waals surface area (Å²) in [5, 5.41) is 5.53. The first-order valence-electron chi connectivity index (χ1n) is 12.1. The van der Waals surface area contributed by atoms with Gasteiger partial charge in [0.25, 0.3) is 0 Å². The van der Waals surface area contributed by atoms with Crippen molar-refractivity contribution in [2.75, 3.05) is 25.0 Å². The number of hydrogen-bond donors (Lipinski definition) is 1. The Morgan fingerprint density at radius 1 is 0.938 bits per heavy atom. The molecular formula is C28H34N4. The molecule has 4 atom stereocenters. The average molecular weight is 427 g/mol. The molecule has 1 spiro atoms. The van der Waals surface area contributed by atoms with Gasteiger partial charge in [0.15, 0.2) is 0 Å². The standard InChI is InChI=1S/C28H34N4/c1-26(2)16-32-23(22-21(26)17-11-7-9-13-19(17)30(22)5)24-28(27(3,4)15-29-24)18-12-8-10-14-20(18)31(6)25(28)32/h7-14,23-25,29H,15-16H2,1-6H3. The van der Waals surface area contributed by atoms with Crippen molar-refractivity contribution in [1.29, 1.82) is 0 Å². The van der Waals surface area contributed by atoms with Crippen LogP contribution in [0.2, 0.25) is 0 Å². The van der Waals surface area contributed by atoms with E-state index >= 15 is 0 Å². The fourth-order valence-corrected chi connectivity index (χ4v) is 8.54. The van der Waals surface area contributed by atoms with Gasteiger partial charge in [-0.15, -0.1) is 0 Å². The molecule has 7 rings (SSSR count). The molecule has 4 unspecified atom stereocenters. The van der Waals surface area contributed by atoms with E-state index in [1.165, 1.54) is 22.3 Å². The van der Waals surface area contributed by atoms with E-state index in [2.05, 4.69) is 110 Å². The maximum absolute atomic E-state index is 4.09. The predicted molar refractivity (Wildman–Crippen MR) is 131 cm³/mol. The van der Waals surface area contributed by atoms with Crippen LogP contribution in [0.3, 0.4) is 0 Å². The van der Waals surface area contributed by atoms with Crippen LogP contribution in [0.5, 0.6) is 0 Å². The number of fused-ring (bicyclic) bond motifs is 8. The summed E-state index contributed by atoms with van der Waals surface area (Å²) in [6.45, 7) is 12.0. The fraction of sp³-hybridized carbons (Fsp3) is 0.500. The second-order valence-corrected chi connectivity index (χ2v) is 12.0. The van der Waals surface area contributed by atoms with Crippen LogP contribution in [-0.4, -0.2) is 41.8 Å². The summed E-state index contributed by atoms with van der Waals surface area (Å²) in [5.41, 5.74) is 7.73. The van der Waals surface area contributed by atoms with Gasteiger partial charge in [0.05, 0.1) is 17.6 Å². The molecule has 4 nitrogen and oxygen atoms in total.